The second-order valence-corrected chi connectivity index (χ2v) is 5.74. The van der Waals surface area contributed by atoms with Gasteiger partial charge in [-0.05, 0) is 13.3 Å². The molecule has 0 saturated carbocycles. The molecule has 1 N–H and O–H groups in total. The number of hydrogen-bond donors (Lipinski definition) is 1. The molecule has 3 heterocycles. The van der Waals surface area contributed by atoms with Crippen molar-refractivity contribution in [2.24, 2.45) is 0 Å². The first kappa shape index (κ1) is 15.9. The summed E-state index contributed by atoms with van der Waals surface area (Å²) in [6.07, 6.45) is -3.91. The minimum absolute atomic E-state index is 0.118. The molecule has 10 heteroatoms. The summed E-state index contributed by atoms with van der Waals surface area (Å²) in [6, 6.07) is 0. The number of alkyl halides is 3. The fourth-order valence-corrected chi connectivity index (χ4v) is 2.82. The van der Waals surface area contributed by atoms with Gasteiger partial charge >= 0.3 is 6.18 Å². The van der Waals surface area contributed by atoms with Gasteiger partial charge in [0.05, 0.1) is 6.54 Å². The van der Waals surface area contributed by atoms with Crippen molar-refractivity contribution < 1.29 is 17.7 Å². The molecule has 1 atom stereocenters. The quantitative estimate of drug-likeness (QED) is 0.920. The Morgan fingerprint density at radius 1 is 1.35 bits per heavy atom. The van der Waals surface area contributed by atoms with E-state index in [0.29, 0.717) is 18.1 Å². The summed E-state index contributed by atoms with van der Waals surface area (Å²) in [7, 11) is 0. The second kappa shape index (κ2) is 5.59. The van der Waals surface area contributed by atoms with E-state index in [2.05, 4.69) is 25.3 Å². The van der Waals surface area contributed by atoms with Crippen molar-refractivity contribution in [3.63, 3.8) is 0 Å². The van der Waals surface area contributed by atoms with E-state index < -0.39 is 11.6 Å². The number of H-pyrrole nitrogens is 1. The highest BCUT2D eigenvalue weighted by Gasteiger charge is 2.62. The van der Waals surface area contributed by atoms with Crippen LogP contribution >= 0.6 is 0 Å². The van der Waals surface area contributed by atoms with E-state index in [9.17, 15) is 13.2 Å². The fourth-order valence-electron chi connectivity index (χ4n) is 2.82. The molecule has 1 unspecified atom stereocenters. The van der Waals surface area contributed by atoms with E-state index >= 15 is 0 Å². The van der Waals surface area contributed by atoms with Gasteiger partial charge in [-0.3, -0.25) is 10.00 Å². The summed E-state index contributed by atoms with van der Waals surface area (Å²) >= 11 is 0. The third-order valence-electron chi connectivity index (χ3n) is 4.10. The summed E-state index contributed by atoms with van der Waals surface area (Å²) in [5.41, 5.74) is -2.12. The molecule has 7 nitrogen and oxygen atoms in total. The van der Waals surface area contributed by atoms with E-state index in [1.54, 1.807) is 4.90 Å². The van der Waals surface area contributed by atoms with Crippen LogP contribution in [-0.4, -0.2) is 49.5 Å². The maximum absolute atomic E-state index is 13.7. The molecule has 126 valence electrons. The smallest absolute Gasteiger partial charge is 0.338 e. The average Bonchev–Trinajstić information content (AvgIpc) is 3.18. The number of aromatic amines is 1. The monoisotopic (exact) mass is 330 g/mol. The molecule has 0 spiro atoms. The molecule has 1 saturated heterocycles. The average molecular weight is 330 g/mol. The van der Waals surface area contributed by atoms with E-state index in [1.165, 1.54) is 6.92 Å². The summed E-state index contributed by atoms with van der Waals surface area (Å²) in [6.45, 7) is 3.72. The molecule has 0 amide bonds. The Hall–Kier alpha value is -1.97. The van der Waals surface area contributed by atoms with Crippen LogP contribution in [-0.2, 0) is 18.4 Å². The van der Waals surface area contributed by atoms with Crippen molar-refractivity contribution in [1.82, 2.24) is 30.2 Å². The molecule has 0 aromatic carbocycles. The van der Waals surface area contributed by atoms with Crippen LogP contribution in [0.25, 0.3) is 0 Å². The Balaban J connectivity index is 1.81. The fraction of sp³-hybridized carbons (Fsp3) is 0.692. The first-order valence-electron chi connectivity index (χ1n) is 7.34. The van der Waals surface area contributed by atoms with E-state index in [1.807, 2.05) is 6.92 Å². The first-order chi connectivity index (χ1) is 10.8. The van der Waals surface area contributed by atoms with Crippen LogP contribution in [0.5, 0.6) is 0 Å². The van der Waals surface area contributed by atoms with Gasteiger partial charge in [0.2, 0.25) is 5.89 Å². The lowest BCUT2D eigenvalue weighted by atomic mass is 9.86. The van der Waals surface area contributed by atoms with Crippen LogP contribution in [0.1, 0.15) is 36.7 Å². The number of halogens is 3. The first-order valence-corrected chi connectivity index (χ1v) is 7.34. The number of likely N-dealkylation sites (tertiary alicyclic amines) is 1. The summed E-state index contributed by atoms with van der Waals surface area (Å²) in [4.78, 5) is 9.74. The maximum Gasteiger partial charge on any atom is 0.404 e. The number of rotatable bonds is 4. The molecule has 0 aliphatic carbocycles. The van der Waals surface area contributed by atoms with Gasteiger partial charge in [0, 0.05) is 19.5 Å². The summed E-state index contributed by atoms with van der Waals surface area (Å²) in [5, 5.41) is 10.3. The highest BCUT2D eigenvalue weighted by Crippen LogP contribution is 2.47. The lowest BCUT2D eigenvalue weighted by molar-refractivity contribution is -0.193. The van der Waals surface area contributed by atoms with Crippen molar-refractivity contribution >= 4 is 0 Å². The van der Waals surface area contributed by atoms with Crippen LogP contribution in [0.4, 0.5) is 13.2 Å². The van der Waals surface area contributed by atoms with Crippen molar-refractivity contribution in [3.05, 3.63) is 23.4 Å². The standard InChI is InChI=1S/C13H17F3N6O/c1-3-9-18-10(20-19-9)6-22-5-4-12(7-22,13(14,15)16)11-17-8(2)21-23-11/h3-7H2,1-2H3,(H,18,19,20). The minimum Gasteiger partial charge on any atom is -0.338 e. The van der Waals surface area contributed by atoms with Gasteiger partial charge in [0.15, 0.2) is 11.2 Å². The zero-order chi connectivity index (χ0) is 16.7. The molecular formula is C13H17F3N6O. The number of nitrogens with one attached hydrogen (secondary N) is 1. The Labute approximate surface area is 130 Å². The number of aryl methyl sites for hydroxylation is 2. The third kappa shape index (κ3) is 2.82. The summed E-state index contributed by atoms with van der Waals surface area (Å²) in [5.74, 6) is 1.04. The van der Waals surface area contributed by atoms with Crippen LogP contribution in [0, 0.1) is 6.92 Å². The van der Waals surface area contributed by atoms with Crippen molar-refractivity contribution in [2.45, 2.75) is 44.8 Å². The number of aromatic nitrogens is 5. The highest BCUT2D eigenvalue weighted by molar-refractivity contribution is 5.15. The van der Waals surface area contributed by atoms with Gasteiger partial charge in [0.25, 0.3) is 0 Å². The molecule has 3 rings (SSSR count). The lowest BCUT2D eigenvalue weighted by Crippen LogP contribution is -2.45. The lowest BCUT2D eigenvalue weighted by Gasteiger charge is -2.27. The normalized spacial score (nSPS) is 22.8. The Bertz CT molecular complexity index is 681. The highest BCUT2D eigenvalue weighted by atomic mass is 19.4. The van der Waals surface area contributed by atoms with Crippen molar-refractivity contribution in [2.75, 3.05) is 13.1 Å². The van der Waals surface area contributed by atoms with Crippen LogP contribution < -0.4 is 0 Å². The van der Waals surface area contributed by atoms with Crippen LogP contribution in [0.2, 0.25) is 0 Å². The van der Waals surface area contributed by atoms with Crippen LogP contribution in [0.3, 0.4) is 0 Å². The predicted octanol–water partition coefficient (Wildman–Crippen LogP) is 1.76. The van der Waals surface area contributed by atoms with Gasteiger partial charge in [-0.25, -0.2) is 4.98 Å². The molecule has 23 heavy (non-hydrogen) atoms. The molecule has 2 aromatic heterocycles. The molecular weight excluding hydrogens is 313 g/mol. The summed E-state index contributed by atoms with van der Waals surface area (Å²) < 4.78 is 45.9. The Morgan fingerprint density at radius 2 is 2.13 bits per heavy atom. The maximum atomic E-state index is 13.7. The van der Waals surface area contributed by atoms with E-state index in [4.69, 9.17) is 4.52 Å². The molecule has 1 aliphatic heterocycles. The number of hydrogen-bond acceptors (Lipinski definition) is 6. The largest absolute Gasteiger partial charge is 0.404 e. The molecule has 0 radical (unpaired) electrons. The Kier molecular flexibility index (Phi) is 3.86. The SMILES string of the molecule is CCc1n[nH]c(CN2CCC(c3nc(C)no3)(C(F)(F)F)C2)n1. The van der Waals surface area contributed by atoms with Gasteiger partial charge in [-0.1, -0.05) is 12.1 Å². The topological polar surface area (TPSA) is 83.7 Å². The third-order valence-corrected chi connectivity index (χ3v) is 4.10. The van der Waals surface area contributed by atoms with Crippen LogP contribution in [0.15, 0.2) is 4.52 Å². The van der Waals surface area contributed by atoms with Gasteiger partial charge in [-0.15, -0.1) is 0 Å². The van der Waals surface area contributed by atoms with Gasteiger partial charge < -0.3 is 4.52 Å². The second-order valence-electron chi connectivity index (χ2n) is 5.74. The number of nitrogens with zero attached hydrogens (tertiary/aromatic N) is 5. The van der Waals surface area contributed by atoms with Gasteiger partial charge in [-0.2, -0.15) is 23.3 Å². The Morgan fingerprint density at radius 3 is 2.70 bits per heavy atom. The van der Waals surface area contributed by atoms with E-state index in [-0.39, 0.29) is 37.8 Å². The van der Waals surface area contributed by atoms with E-state index in [0.717, 1.165) is 0 Å². The van der Waals surface area contributed by atoms with Crippen molar-refractivity contribution in [3.8, 4) is 0 Å². The van der Waals surface area contributed by atoms with Gasteiger partial charge in [0.1, 0.15) is 11.6 Å². The predicted molar refractivity (Wildman–Crippen MR) is 72.4 cm³/mol. The molecule has 1 fully saturated rings. The minimum atomic E-state index is -4.46. The molecule has 2 aromatic rings. The zero-order valence-electron chi connectivity index (χ0n) is 12.8. The molecule has 1 aliphatic rings. The molecule has 0 bridgehead atoms. The zero-order valence-corrected chi connectivity index (χ0v) is 12.8. The van der Waals surface area contributed by atoms with Crippen molar-refractivity contribution in [1.29, 1.82) is 0 Å².